The van der Waals surface area contributed by atoms with E-state index < -0.39 is 0 Å². The molecule has 3 rings (SSSR count). The summed E-state index contributed by atoms with van der Waals surface area (Å²) < 4.78 is 0. The van der Waals surface area contributed by atoms with E-state index in [0.29, 0.717) is 22.4 Å². The molecule has 0 aliphatic carbocycles. The summed E-state index contributed by atoms with van der Waals surface area (Å²) in [5.41, 5.74) is 9.66. The van der Waals surface area contributed by atoms with Crippen LogP contribution in [0.3, 0.4) is 0 Å². The monoisotopic (exact) mass is 460 g/mol. The summed E-state index contributed by atoms with van der Waals surface area (Å²) in [6.07, 6.45) is 5.68. The van der Waals surface area contributed by atoms with Gasteiger partial charge in [0, 0.05) is 29.6 Å². The lowest BCUT2D eigenvalue weighted by Gasteiger charge is -2.14. The Balaban J connectivity index is 1.85. The Morgan fingerprint density at radius 3 is 2.62 bits per heavy atom. The number of hydrogen-bond acceptors (Lipinski definition) is 7. The van der Waals surface area contributed by atoms with Crippen LogP contribution in [-0.4, -0.2) is 33.5 Å². The molecule has 0 saturated heterocycles. The van der Waals surface area contributed by atoms with Crippen molar-refractivity contribution in [3.8, 4) is 11.3 Å². The number of benzene rings is 1. The highest BCUT2D eigenvalue weighted by Crippen LogP contribution is 2.26. The molecule has 0 spiro atoms. The summed E-state index contributed by atoms with van der Waals surface area (Å²) in [4.78, 5) is 36.8. The molecule has 0 radical (unpaired) electrons. The van der Waals surface area contributed by atoms with E-state index in [1.807, 2.05) is 37.4 Å². The third-order valence-corrected chi connectivity index (χ3v) is 5.88. The quantitative estimate of drug-likeness (QED) is 0.251. The van der Waals surface area contributed by atoms with Gasteiger partial charge >= 0.3 is 0 Å². The maximum absolute atomic E-state index is 13.0. The van der Waals surface area contributed by atoms with Crippen LogP contribution in [0.2, 0.25) is 0 Å². The molecule has 0 fully saturated rings. The van der Waals surface area contributed by atoms with Crippen molar-refractivity contribution in [2.24, 2.45) is 0 Å². The molecule has 0 bridgehead atoms. The fraction of sp³-hybridized carbons (Fsp3) is 0.346. The summed E-state index contributed by atoms with van der Waals surface area (Å²) in [6.45, 7) is 4.89. The molecule has 8 nitrogen and oxygen atoms in total. The third-order valence-electron chi connectivity index (χ3n) is 5.88. The molecule has 2 aromatic heterocycles. The molecule has 5 N–H and O–H groups in total. The molecule has 8 heteroatoms. The second-order valence-electron chi connectivity index (χ2n) is 8.36. The molecule has 0 aliphatic heterocycles. The minimum Gasteiger partial charge on any atom is -0.382 e. The van der Waals surface area contributed by atoms with Crippen molar-refractivity contribution >= 4 is 17.3 Å². The number of H-pyrrole nitrogens is 1. The number of nitrogens with zero attached hydrogens (tertiary/aromatic N) is 2. The Morgan fingerprint density at radius 1 is 1.24 bits per heavy atom. The van der Waals surface area contributed by atoms with Crippen LogP contribution in [0.4, 0.5) is 5.82 Å². The fourth-order valence-electron chi connectivity index (χ4n) is 4.00. The van der Waals surface area contributed by atoms with Crippen LogP contribution in [-0.2, 0) is 6.54 Å². The van der Waals surface area contributed by atoms with Crippen LogP contribution in [0.5, 0.6) is 0 Å². The first kappa shape index (κ1) is 25.0. The lowest BCUT2D eigenvalue weighted by Crippen LogP contribution is -2.17. The smallest absolute Gasteiger partial charge is 0.251 e. The summed E-state index contributed by atoms with van der Waals surface area (Å²) in [7, 11) is 1.87. The van der Waals surface area contributed by atoms with Gasteiger partial charge in [-0.25, -0.2) is 9.97 Å². The van der Waals surface area contributed by atoms with E-state index in [1.165, 1.54) is 6.20 Å². The number of carbonyl (C=O) groups is 1. The van der Waals surface area contributed by atoms with Crippen LogP contribution >= 0.6 is 0 Å². The lowest BCUT2D eigenvalue weighted by molar-refractivity contribution is 0.0996. The SMILES string of the molecule is CCCC(CC)c1cc(-c2cnc(N)c(C(=O)CC(=N)c3ccc(CNC)cc3)n2)c[nH]c1=O. The van der Waals surface area contributed by atoms with Gasteiger partial charge < -0.3 is 21.4 Å². The maximum Gasteiger partial charge on any atom is 0.251 e. The number of anilines is 1. The van der Waals surface area contributed by atoms with Gasteiger partial charge in [-0.15, -0.1) is 0 Å². The Kier molecular flexibility index (Phi) is 8.43. The van der Waals surface area contributed by atoms with E-state index in [0.717, 1.165) is 31.4 Å². The highest BCUT2D eigenvalue weighted by Gasteiger charge is 2.19. The molecule has 34 heavy (non-hydrogen) atoms. The molecule has 1 unspecified atom stereocenters. The van der Waals surface area contributed by atoms with Crippen molar-refractivity contribution in [1.82, 2.24) is 20.3 Å². The third kappa shape index (κ3) is 5.82. The van der Waals surface area contributed by atoms with Gasteiger partial charge in [0.05, 0.1) is 18.3 Å². The fourth-order valence-corrected chi connectivity index (χ4v) is 4.00. The topological polar surface area (TPSA) is 138 Å². The van der Waals surface area contributed by atoms with Crippen molar-refractivity contribution in [2.45, 2.75) is 52.0 Å². The molecule has 1 aromatic carbocycles. The zero-order valence-corrected chi connectivity index (χ0v) is 19.9. The molecule has 1 atom stereocenters. The summed E-state index contributed by atoms with van der Waals surface area (Å²) in [6, 6.07) is 9.34. The molecule has 3 aromatic rings. The van der Waals surface area contributed by atoms with Crippen LogP contribution in [0, 0.1) is 5.41 Å². The van der Waals surface area contributed by atoms with Gasteiger partial charge in [-0.2, -0.15) is 0 Å². The summed E-state index contributed by atoms with van der Waals surface area (Å²) in [5.74, 6) is -0.206. The number of aromatic amines is 1. The average molecular weight is 461 g/mol. The van der Waals surface area contributed by atoms with Gasteiger partial charge in [0.2, 0.25) is 0 Å². The normalized spacial score (nSPS) is 11.9. The highest BCUT2D eigenvalue weighted by molar-refractivity contribution is 6.15. The van der Waals surface area contributed by atoms with E-state index >= 15 is 0 Å². The van der Waals surface area contributed by atoms with Crippen molar-refractivity contribution in [3.05, 3.63) is 75.5 Å². The van der Waals surface area contributed by atoms with Crippen molar-refractivity contribution in [1.29, 1.82) is 5.41 Å². The predicted octanol–water partition coefficient (Wildman–Crippen LogP) is 4.07. The molecular weight excluding hydrogens is 428 g/mol. The number of aromatic nitrogens is 3. The van der Waals surface area contributed by atoms with E-state index in [4.69, 9.17) is 11.1 Å². The second kappa shape index (κ2) is 11.5. The van der Waals surface area contributed by atoms with Gasteiger partial charge in [0.15, 0.2) is 11.6 Å². The Bertz CT molecular complexity index is 1220. The lowest BCUT2D eigenvalue weighted by atomic mass is 9.92. The van der Waals surface area contributed by atoms with Crippen molar-refractivity contribution in [2.75, 3.05) is 12.8 Å². The first-order chi connectivity index (χ1) is 16.4. The number of pyridine rings is 1. The Hall–Kier alpha value is -3.65. The number of nitrogens with two attached hydrogens (primary N) is 1. The molecule has 2 heterocycles. The predicted molar refractivity (Wildman–Crippen MR) is 135 cm³/mol. The van der Waals surface area contributed by atoms with Gasteiger partial charge in [-0.3, -0.25) is 9.59 Å². The molecular formula is C26H32N6O2. The van der Waals surface area contributed by atoms with E-state index in [9.17, 15) is 9.59 Å². The molecule has 0 aliphatic rings. The van der Waals surface area contributed by atoms with Gasteiger partial charge in [0.1, 0.15) is 5.69 Å². The van der Waals surface area contributed by atoms with Gasteiger partial charge in [0.25, 0.3) is 5.56 Å². The van der Waals surface area contributed by atoms with E-state index in [-0.39, 0.29) is 40.9 Å². The standard InChI is InChI=1S/C26H32N6O2/c1-4-6-17(5-2)20-11-19(14-31-26(20)34)22-15-30-25(28)24(32-22)23(33)12-21(27)18-9-7-16(8-10-18)13-29-3/h7-11,14-15,17,27,29H,4-6,12-13H2,1-3H3,(H2,28,30)(H,31,34). The van der Waals surface area contributed by atoms with E-state index in [2.05, 4.69) is 34.1 Å². The van der Waals surface area contributed by atoms with Crippen LogP contribution in [0.15, 0.2) is 47.5 Å². The number of hydrogen-bond donors (Lipinski definition) is 4. The zero-order chi connectivity index (χ0) is 24.7. The summed E-state index contributed by atoms with van der Waals surface area (Å²) >= 11 is 0. The van der Waals surface area contributed by atoms with Gasteiger partial charge in [-0.05, 0) is 43.0 Å². The molecule has 178 valence electrons. The van der Waals surface area contributed by atoms with E-state index in [1.54, 1.807) is 6.20 Å². The summed E-state index contributed by atoms with van der Waals surface area (Å²) in [5, 5.41) is 11.4. The first-order valence-electron chi connectivity index (χ1n) is 11.6. The Morgan fingerprint density at radius 2 is 1.97 bits per heavy atom. The number of nitrogens with one attached hydrogen (secondary N) is 3. The Labute approximate surface area is 199 Å². The molecule has 0 amide bonds. The number of carbonyl (C=O) groups excluding carboxylic acids is 1. The van der Waals surface area contributed by atoms with Crippen LogP contribution < -0.4 is 16.6 Å². The molecule has 0 saturated carbocycles. The second-order valence-corrected chi connectivity index (χ2v) is 8.36. The number of nitrogen functional groups attached to an aromatic ring is 1. The van der Waals surface area contributed by atoms with Crippen molar-refractivity contribution in [3.63, 3.8) is 0 Å². The number of Topliss-reactive ketones (excluding diaryl/α,β-unsaturated/α-hetero) is 1. The van der Waals surface area contributed by atoms with Gasteiger partial charge in [-0.1, -0.05) is 44.5 Å². The van der Waals surface area contributed by atoms with Crippen LogP contribution in [0.1, 0.15) is 72.6 Å². The minimum atomic E-state index is -0.377. The van der Waals surface area contributed by atoms with Crippen LogP contribution in [0.25, 0.3) is 11.3 Å². The van der Waals surface area contributed by atoms with Crippen molar-refractivity contribution < 1.29 is 4.79 Å². The number of ketones is 1. The minimum absolute atomic E-state index is 0.0213. The number of rotatable bonds is 11. The highest BCUT2D eigenvalue weighted by atomic mass is 16.1. The first-order valence-corrected chi connectivity index (χ1v) is 11.6. The average Bonchev–Trinajstić information content (AvgIpc) is 2.84. The maximum atomic E-state index is 13.0. The largest absolute Gasteiger partial charge is 0.382 e. The zero-order valence-electron chi connectivity index (χ0n) is 19.9.